The predicted molar refractivity (Wildman–Crippen MR) is 234 cm³/mol. The average Bonchev–Trinajstić information content (AvgIpc) is 3.74. The number of hydrogen-bond donors (Lipinski definition) is 5. The van der Waals surface area contributed by atoms with Gasteiger partial charge < -0.3 is 55.3 Å². The highest BCUT2D eigenvalue weighted by Gasteiger charge is 2.54. The fourth-order valence-electron chi connectivity index (χ4n) is 6.54. The van der Waals surface area contributed by atoms with E-state index in [1.54, 1.807) is 60.7 Å². The van der Waals surface area contributed by atoms with Gasteiger partial charge in [0.05, 0.1) is 64.7 Å². The number of hydrogen-bond acceptors (Lipinski definition) is 16. The van der Waals surface area contributed by atoms with Crippen LogP contribution in [0.1, 0.15) is 55.1 Å². The van der Waals surface area contributed by atoms with Crippen LogP contribution in [0.4, 0.5) is 0 Å². The number of carboxylic acid groups (broad SMARTS) is 1. The number of carbonyl (C=O) groups is 6. The number of Topliss-reactive ketones (excluding diaryl/α,β-unsaturated/α-hetero) is 1. The quantitative estimate of drug-likeness (QED) is 0.0284. The molecule has 3 amide bonds. The summed E-state index contributed by atoms with van der Waals surface area (Å²) in [5.74, 6) is -6.66. The molecule has 1 aromatic heterocycles. The number of rotatable bonds is 29. The van der Waals surface area contributed by atoms with Crippen LogP contribution in [0.15, 0.2) is 94.2 Å². The summed E-state index contributed by atoms with van der Waals surface area (Å²) in [6.45, 7) is 5.41. The maximum Gasteiger partial charge on any atom is 0.439 e. The van der Waals surface area contributed by atoms with E-state index in [0.717, 1.165) is 0 Å². The number of aromatic amines is 1. The van der Waals surface area contributed by atoms with Crippen LogP contribution in [0.25, 0.3) is 11.4 Å². The third kappa shape index (κ3) is 16.1. The molecule has 66 heavy (non-hydrogen) atoms. The number of esters is 1. The Morgan fingerprint density at radius 3 is 1.92 bits per heavy atom. The molecule has 0 bridgehead atoms. The number of nitrogens with two attached hydrogens (primary N) is 1. The number of nitrogens with one attached hydrogen (secondary N) is 4. The molecular formula is C46H57N6O14-. The zero-order valence-corrected chi connectivity index (χ0v) is 37.2. The highest BCUT2D eigenvalue weighted by Crippen LogP contribution is 2.36. The van der Waals surface area contributed by atoms with Crippen molar-refractivity contribution in [3.63, 3.8) is 0 Å². The molecule has 3 atom stereocenters. The van der Waals surface area contributed by atoms with Gasteiger partial charge in [-0.3, -0.25) is 33.5 Å². The van der Waals surface area contributed by atoms with Gasteiger partial charge in [0.25, 0.3) is 5.91 Å². The molecule has 3 aromatic carbocycles. The Balaban J connectivity index is 1.49. The summed E-state index contributed by atoms with van der Waals surface area (Å²) in [4.78, 5) is 95.4. The number of H-pyrrole nitrogens is 1. The molecule has 1 heterocycles. The maximum absolute atomic E-state index is 14.8. The second kappa shape index (κ2) is 26.4. The summed E-state index contributed by atoms with van der Waals surface area (Å²) in [6, 6.07) is 20.0. The summed E-state index contributed by atoms with van der Waals surface area (Å²) in [7, 11) is 0. The molecular weight excluding hydrogens is 861 g/mol. The Labute approximate surface area is 381 Å². The number of aromatic nitrogens is 2. The summed E-state index contributed by atoms with van der Waals surface area (Å²) < 4.78 is 32.1. The first-order chi connectivity index (χ1) is 31.6. The summed E-state index contributed by atoms with van der Waals surface area (Å²) in [6.07, 6.45) is -1.25. The third-order valence-electron chi connectivity index (χ3n) is 9.92. The normalized spacial score (nSPS) is 13.2. The lowest BCUT2D eigenvalue weighted by molar-refractivity contribution is -0.331. The van der Waals surface area contributed by atoms with E-state index in [2.05, 4.69) is 30.6 Å². The molecule has 1 unspecified atom stereocenters. The average molecular weight is 918 g/mol. The molecule has 6 N–H and O–H groups in total. The van der Waals surface area contributed by atoms with Gasteiger partial charge in [0, 0.05) is 36.1 Å². The lowest BCUT2D eigenvalue weighted by Crippen LogP contribution is -2.68. The van der Waals surface area contributed by atoms with Crippen LogP contribution in [-0.2, 0) is 60.7 Å². The van der Waals surface area contributed by atoms with Crippen LogP contribution in [0, 0.1) is 5.41 Å². The smallest absolute Gasteiger partial charge is 0.439 e. The van der Waals surface area contributed by atoms with E-state index in [9.17, 15) is 38.7 Å². The number of ketones is 1. The lowest BCUT2D eigenvalue weighted by Gasteiger charge is -2.45. The van der Waals surface area contributed by atoms with Gasteiger partial charge in [0.15, 0.2) is 17.2 Å². The number of aliphatic carboxylic acids is 1. The SMILES string of the molecule is CC(C)(C)C(OCCOCCOCCOCCN)(C(=O)[O-])C(=O)[C@H](Cc1ccccc1)NC(=O)[C@H](CC(=O)OCc1ccccc1)NC(=O)CCNC(=O)c1ccc(-c2noc(=O)[nH]2)cc1. The lowest BCUT2D eigenvalue weighted by atomic mass is 9.71. The fraction of sp³-hybridized carbons (Fsp3) is 0.435. The Kier molecular flexibility index (Phi) is 20.8. The van der Waals surface area contributed by atoms with Crippen LogP contribution in [-0.4, -0.2) is 123 Å². The van der Waals surface area contributed by atoms with Gasteiger partial charge in [-0.2, -0.15) is 0 Å². The van der Waals surface area contributed by atoms with Gasteiger partial charge in [-0.15, -0.1) is 0 Å². The standard InChI is InChI=1S/C46H58N6O14/c1-45(2,3)46(43(58)59,65-27-26-63-25-24-62-23-22-61-21-19-47)39(55)35(28-31-10-6-4-7-11-31)50-42(57)36(29-38(54)64-30-32-12-8-5-9-13-32)49-37(53)18-20-48-41(56)34-16-14-33(15-17-34)40-51-44(60)66-52-40/h4-17,35-36H,18-30,47H2,1-3H3,(H,48,56)(H,49,53)(H,50,57)(H,58,59)(H,51,52,60)/p-1/t35-,36-,46?/m0/s1. The minimum Gasteiger partial charge on any atom is -0.546 e. The van der Waals surface area contributed by atoms with E-state index in [1.165, 1.54) is 45.0 Å². The molecule has 0 saturated heterocycles. The molecule has 0 aliphatic carbocycles. The van der Waals surface area contributed by atoms with Crippen molar-refractivity contribution in [2.75, 3.05) is 59.3 Å². The molecule has 4 rings (SSSR count). The first kappa shape index (κ1) is 52.0. The van der Waals surface area contributed by atoms with E-state index in [-0.39, 0.29) is 63.8 Å². The Morgan fingerprint density at radius 1 is 0.773 bits per heavy atom. The molecule has 0 aliphatic rings. The highest BCUT2D eigenvalue weighted by atomic mass is 16.6. The zero-order chi connectivity index (χ0) is 48.0. The highest BCUT2D eigenvalue weighted by molar-refractivity contribution is 6.10. The Morgan fingerprint density at radius 2 is 1.36 bits per heavy atom. The van der Waals surface area contributed by atoms with Gasteiger partial charge in [0.2, 0.25) is 11.8 Å². The van der Waals surface area contributed by atoms with Gasteiger partial charge >= 0.3 is 11.7 Å². The van der Waals surface area contributed by atoms with Crippen molar-refractivity contribution in [1.82, 2.24) is 26.1 Å². The number of ether oxygens (including phenoxy) is 5. The molecule has 0 saturated carbocycles. The number of amides is 3. The van der Waals surface area contributed by atoms with Gasteiger partial charge in [-0.1, -0.05) is 98.7 Å². The molecule has 20 nitrogen and oxygen atoms in total. The van der Waals surface area contributed by atoms with E-state index < -0.39 is 70.7 Å². The molecule has 20 heteroatoms. The zero-order valence-electron chi connectivity index (χ0n) is 37.2. The summed E-state index contributed by atoms with van der Waals surface area (Å²) >= 11 is 0. The van der Waals surface area contributed by atoms with E-state index >= 15 is 0 Å². The maximum atomic E-state index is 14.8. The topological polar surface area (TPSA) is 293 Å². The fourth-order valence-corrected chi connectivity index (χ4v) is 6.54. The molecule has 0 radical (unpaired) electrons. The first-order valence-corrected chi connectivity index (χ1v) is 21.3. The largest absolute Gasteiger partial charge is 0.546 e. The molecule has 356 valence electrons. The van der Waals surface area contributed by atoms with Crippen LogP contribution in [0.2, 0.25) is 0 Å². The predicted octanol–water partition coefficient (Wildman–Crippen LogP) is 0.625. The number of carbonyl (C=O) groups excluding carboxylic acids is 6. The van der Waals surface area contributed by atoms with Crippen molar-refractivity contribution in [3.05, 3.63) is 112 Å². The molecule has 0 spiro atoms. The minimum absolute atomic E-state index is 0.125. The van der Waals surface area contributed by atoms with Crippen LogP contribution >= 0.6 is 0 Å². The Hall–Kier alpha value is -6.58. The minimum atomic E-state index is -2.64. The van der Waals surface area contributed by atoms with Crippen LogP contribution in [0.5, 0.6) is 0 Å². The van der Waals surface area contributed by atoms with Crippen molar-refractivity contribution >= 4 is 35.4 Å². The molecule has 4 aromatic rings. The van der Waals surface area contributed by atoms with E-state index in [4.69, 9.17) is 29.4 Å². The summed E-state index contributed by atoms with van der Waals surface area (Å²) in [5, 5.41) is 24.5. The van der Waals surface area contributed by atoms with Gasteiger partial charge in [-0.25, -0.2) is 4.79 Å². The monoisotopic (exact) mass is 917 g/mol. The van der Waals surface area contributed by atoms with E-state index in [1.807, 2.05) is 0 Å². The van der Waals surface area contributed by atoms with Gasteiger partial charge in [-0.05, 0) is 29.7 Å². The third-order valence-corrected chi connectivity index (χ3v) is 9.92. The van der Waals surface area contributed by atoms with Crippen molar-refractivity contribution in [2.45, 2.75) is 64.3 Å². The number of carboxylic acids is 1. The van der Waals surface area contributed by atoms with Crippen LogP contribution in [0.3, 0.4) is 0 Å². The first-order valence-electron chi connectivity index (χ1n) is 21.3. The number of nitrogens with zero attached hydrogens (tertiary/aromatic N) is 1. The summed E-state index contributed by atoms with van der Waals surface area (Å²) in [5.41, 5.74) is 3.21. The molecule has 0 aliphatic heterocycles. The van der Waals surface area contributed by atoms with E-state index in [0.29, 0.717) is 43.1 Å². The van der Waals surface area contributed by atoms with Crippen molar-refractivity contribution < 1.29 is 62.1 Å². The molecule has 0 fully saturated rings. The Bertz CT molecular complexity index is 2230. The van der Waals surface area contributed by atoms with Crippen LogP contribution < -0.4 is 32.5 Å². The number of benzene rings is 3. The van der Waals surface area contributed by atoms with Gasteiger partial charge in [0.1, 0.15) is 12.6 Å². The van der Waals surface area contributed by atoms with Crippen molar-refractivity contribution in [3.8, 4) is 11.4 Å². The van der Waals surface area contributed by atoms with Crippen molar-refractivity contribution in [2.24, 2.45) is 11.1 Å². The second-order valence-corrected chi connectivity index (χ2v) is 15.8. The van der Waals surface area contributed by atoms with Crippen molar-refractivity contribution in [1.29, 1.82) is 0 Å². The second-order valence-electron chi connectivity index (χ2n) is 15.8.